The summed E-state index contributed by atoms with van der Waals surface area (Å²) in [6.07, 6.45) is 1.82. The average molecular weight is 270 g/mol. The van der Waals surface area contributed by atoms with Crippen molar-refractivity contribution in [2.75, 3.05) is 19.7 Å². The second-order valence-electron chi connectivity index (χ2n) is 5.04. The van der Waals surface area contributed by atoms with Gasteiger partial charge in [0.2, 0.25) is 0 Å². The number of nitrogens with zero attached hydrogens (tertiary/aromatic N) is 1. The number of benzene rings is 1. The number of rotatable bonds is 3. The lowest BCUT2D eigenvalue weighted by atomic mass is 9.87. The van der Waals surface area contributed by atoms with Crippen LogP contribution in [0.3, 0.4) is 0 Å². The average Bonchev–Trinajstić information content (AvgIpc) is 2.96. The van der Waals surface area contributed by atoms with E-state index in [0.717, 1.165) is 17.4 Å². The van der Waals surface area contributed by atoms with E-state index in [-0.39, 0.29) is 17.8 Å². The highest BCUT2D eigenvalue weighted by Gasteiger charge is 2.35. The van der Waals surface area contributed by atoms with Crippen molar-refractivity contribution in [3.63, 3.8) is 0 Å². The zero-order valence-electron chi connectivity index (χ0n) is 11.5. The first-order valence-electron chi connectivity index (χ1n) is 7.02. The van der Waals surface area contributed by atoms with Crippen molar-refractivity contribution in [1.29, 1.82) is 0 Å². The molecule has 2 aromatic rings. The van der Waals surface area contributed by atoms with Gasteiger partial charge in [-0.3, -0.25) is 9.78 Å². The van der Waals surface area contributed by atoms with E-state index in [9.17, 15) is 4.79 Å². The van der Waals surface area contributed by atoms with Crippen LogP contribution < -0.4 is 5.32 Å². The number of esters is 1. The number of nitrogens with one attached hydrogen (secondary N) is 1. The monoisotopic (exact) mass is 270 g/mol. The molecule has 4 nitrogen and oxygen atoms in total. The summed E-state index contributed by atoms with van der Waals surface area (Å²) in [6.45, 7) is 3.76. The Hall–Kier alpha value is -1.94. The fourth-order valence-corrected chi connectivity index (χ4v) is 2.94. The van der Waals surface area contributed by atoms with Gasteiger partial charge in [-0.25, -0.2) is 0 Å². The van der Waals surface area contributed by atoms with Gasteiger partial charge in [0.05, 0.1) is 18.0 Å². The summed E-state index contributed by atoms with van der Waals surface area (Å²) in [5, 5.41) is 4.43. The largest absolute Gasteiger partial charge is 0.466 e. The molecule has 1 aliphatic rings. The minimum absolute atomic E-state index is 0.108. The van der Waals surface area contributed by atoms with Crippen molar-refractivity contribution >= 4 is 16.9 Å². The lowest BCUT2D eigenvalue weighted by Gasteiger charge is -2.19. The third-order valence-corrected chi connectivity index (χ3v) is 3.89. The van der Waals surface area contributed by atoms with Crippen molar-refractivity contribution in [2.45, 2.75) is 12.8 Å². The van der Waals surface area contributed by atoms with E-state index in [1.165, 1.54) is 5.56 Å². The van der Waals surface area contributed by atoms with E-state index in [2.05, 4.69) is 16.4 Å². The molecule has 0 saturated carbocycles. The van der Waals surface area contributed by atoms with Gasteiger partial charge in [-0.2, -0.15) is 0 Å². The van der Waals surface area contributed by atoms with Gasteiger partial charge in [0.1, 0.15) is 0 Å². The predicted octanol–water partition coefficient (Wildman–Crippen LogP) is 2.10. The van der Waals surface area contributed by atoms with Gasteiger partial charge in [-0.1, -0.05) is 18.2 Å². The van der Waals surface area contributed by atoms with E-state index < -0.39 is 0 Å². The normalized spacial score (nSPS) is 22.1. The summed E-state index contributed by atoms with van der Waals surface area (Å²) >= 11 is 0. The highest BCUT2D eigenvalue weighted by Crippen LogP contribution is 2.33. The molecule has 0 aliphatic carbocycles. The van der Waals surface area contributed by atoms with Crippen LogP contribution in [-0.2, 0) is 9.53 Å². The molecule has 1 N–H and O–H groups in total. The van der Waals surface area contributed by atoms with Crippen LogP contribution in [0.5, 0.6) is 0 Å². The van der Waals surface area contributed by atoms with Crippen LogP contribution in [0.25, 0.3) is 10.9 Å². The molecule has 1 aliphatic heterocycles. The molecule has 104 valence electrons. The second-order valence-corrected chi connectivity index (χ2v) is 5.04. The molecule has 2 atom stereocenters. The van der Waals surface area contributed by atoms with Crippen molar-refractivity contribution in [1.82, 2.24) is 10.3 Å². The van der Waals surface area contributed by atoms with E-state index in [1.54, 1.807) is 0 Å². The highest BCUT2D eigenvalue weighted by molar-refractivity contribution is 5.84. The van der Waals surface area contributed by atoms with Crippen LogP contribution in [0.2, 0.25) is 0 Å². The topological polar surface area (TPSA) is 51.2 Å². The van der Waals surface area contributed by atoms with Gasteiger partial charge in [0.25, 0.3) is 0 Å². The number of hydrogen-bond donors (Lipinski definition) is 1. The van der Waals surface area contributed by atoms with Crippen molar-refractivity contribution in [3.05, 3.63) is 42.1 Å². The summed E-state index contributed by atoms with van der Waals surface area (Å²) < 4.78 is 5.20. The molecule has 2 unspecified atom stereocenters. The summed E-state index contributed by atoms with van der Waals surface area (Å²) in [4.78, 5) is 16.5. The highest BCUT2D eigenvalue weighted by atomic mass is 16.5. The number of para-hydroxylation sites is 1. The maximum Gasteiger partial charge on any atom is 0.310 e. The van der Waals surface area contributed by atoms with E-state index in [0.29, 0.717) is 13.2 Å². The summed E-state index contributed by atoms with van der Waals surface area (Å²) in [6, 6.07) is 10.1. The molecule has 1 aromatic carbocycles. The van der Waals surface area contributed by atoms with Crippen molar-refractivity contribution in [2.24, 2.45) is 5.92 Å². The smallest absolute Gasteiger partial charge is 0.310 e. The number of carbonyl (C=O) groups is 1. The number of hydrogen-bond acceptors (Lipinski definition) is 4. The number of carbonyl (C=O) groups excluding carboxylic acids is 1. The first-order valence-corrected chi connectivity index (χ1v) is 7.02. The molecule has 20 heavy (non-hydrogen) atoms. The van der Waals surface area contributed by atoms with Crippen molar-refractivity contribution in [3.8, 4) is 0 Å². The predicted molar refractivity (Wildman–Crippen MR) is 77.5 cm³/mol. The molecule has 0 radical (unpaired) electrons. The van der Waals surface area contributed by atoms with Crippen LogP contribution in [-0.4, -0.2) is 30.6 Å². The minimum Gasteiger partial charge on any atom is -0.466 e. The number of ether oxygens (including phenoxy) is 1. The summed E-state index contributed by atoms with van der Waals surface area (Å²) in [7, 11) is 0. The summed E-state index contributed by atoms with van der Waals surface area (Å²) in [5.41, 5.74) is 2.15. The Morgan fingerprint density at radius 2 is 2.20 bits per heavy atom. The quantitative estimate of drug-likeness (QED) is 0.868. The molecule has 2 heterocycles. The standard InChI is InChI=1S/C16H18N2O2/c1-2-20-16(19)14-10-17-9-13(14)11-7-8-18-15-6-4-3-5-12(11)15/h3-8,13-14,17H,2,9-10H2,1H3. The first kappa shape index (κ1) is 13.1. The molecule has 0 spiro atoms. The van der Waals surface area contributed by atoms with Crippen LogP contribution in [0.15, 0.2) is 36.5 Å². The first-order chi connectivity index (χ1) is 9.81. The van der Waals surface area contributed by atoms with E-state index >= 15 is 0 Å². The van der Waals surface area contributed by atoms with Gasteiger partial charge >= 0.3 is 5.97 Å². The Morgan fingerprint density at radius 1 is 1.35 bits per heavy atom. The van der Waals surface area contributed by atoms with Gasteiger partial charge < -0.3 is 10.1 Å². The molecule has 1 aromatic heterocycles. The Labute approximate surface area is 118 Å². The number of fused-ring (bicyclic) bond motifs is 1. The van der Waals surface area contributed by atoms with Crippen LogP contribution in [0.4, 0.5) is 0 Å². The Morgan fingerprint density at radius 3 is 3.05 bits per heavy atom. The van der Waals surface area contributed by atoms with Crippen LogP contribution >= 0.6 is 0 Å². The molecule has 3 rings (SSSR count). The molecule has 4 heteroatoms. The third-order valence-electron chi connectivity index (χ3n) is 3.89. The van der Waals surface area contributed by atoms with Gasteiger partial charge in [-0.15, -0.1) is 0 Å². The van der Waals surface area contributed by atoms with Gasteiger partial charge in [-0.05, 0) is 24.6 Å². The third kappa shape index (κ3) is 2.27. The number of pyridine rings is 1. The molecule has 1 saturated heterocycles. The molecule has 1 fully saturated rings. The Bertz CT molecular complexity index is 621. The van der Waals surface area contributed by atoms with Crippen LogP contribution in [0, 0.1) is 5.92 Å². The van der Waals surface area contributed by atoms with E-state index in [1.807, 2.05) is 37.4 Å². The number of aromatic nitrogens is 1. The van der Waals surface area contributed by atoms with Gasteiger partial charge in [0.15, 0.2) is 0 Å². The zero-order chi connectivity index (χ0) is 13.9. The maximum atomic E-state index is 12.1. The van der Waals surface area contributed by atoms with Crippen molar-refractivity contribution < 1.29 is 9.53 Å². The minimum atomic E-state index is -0.110. The second kappa shape index (κ2) is 5.59. The SMILES string of the molecule is CCOC(=O)C1CNCC1c1ccnc2ccccc12. The Kier molecular flexibility index (Phi) is 3.65. The van der Waals surface area contributed by atoms with Crippen LogP contribution in [0.1, 0.15) is 18.4 Å². The maximum absolute atomic E-state index is 12.1. The lowest BCUT2D eigenvalue weighted by Crippen LogP contribution is -2.24. The Balaban J connectivity index is 1.99. The molecular weight excluding hydrogens is 252 g/mol. The fourth-order valence-electron chi connectivity index (χ4n) is 2.94. The fraction of sp³-hybridized carbons (Fsp3) is 0.375. The molecular formula is C16H18N2O2. The molecule has 0 bridgehead atoms. The van der Waals surface area contributed by atoms with Gasteiger partial charge in [0, 0.05) is 30.6 Å². The van der Waals surface area contributed by atoms with E-state index in [4.69, 9.17) is 4.74 Å². The lowest BCUT2D eigenvalue weighted by molar-refractivity contribution is -0.147. The summed E-state index contributed by atoms with van der Waals surface area (Å²) in [5.74, 6) is -0.0638. The molecule has 0 amide bonds. The zero-order valence-corrected chi connectivity index (χ0v) is 11.5.